The van der Waals surface area contributed by atoms with Crippen LogP contribution in [0.2, 0.25) is 0 Å². The average molecular weight is 254 g/mol. The first kappa shape index (κ1) is 11.1. The number of fused-ring (bicyclic) bond motifs is 3. The summed E-state index contributed by atoms with van der Waals surface area (Å²) in [5, 5.41) is 6.89. The number of hydrogen-bond donors (Lipinski definition) is 1. The smallest absolute Gasteiger partial charge is 0.399 e. The molecule has 94 valence electrons. The van der Waals surface area contributed by atoms with Crippen molar-refractivity contribution in [2.75, 3.05) is 5.73 Å². The Bertz CT molecular complexity index is 615. The van der Waals surface area contributed by atoms with Gasteiger partial charge in [0.15, 0.2) is 5.82 Å². The fourth-order valence-corrected chi connectivity index (χ4v) is 2.18. The van der Waals surface area contributed by atoms with Crippen LogP contribution in [0.15, 0.2) is 18.2 Å². The summed E-state index contributed by atoms with van der Waals surface area (Å²) in [5.74, 6) is -0.721. The minimum absolute atomic E-state index is 0.230. The second-order valence-corrected chi connectivity index (χ2v) is 4.16. The summed E-state index contributed by atoms with van der Waals surface area (Å²) in [6.07, 6.45) is -3.97. The quantitative estimate of drug-likeness (QED) is 0.732. The lowest BCUT2D eigenvalue weighted by Gasteiger charge is -2.19. The van der Waals surface area contributed by atoms with Crippen molar-refractivity contribution in [3.8, 4) is 11.4 Å². The van der Waals surface area contributed by atoms with Crippen LogP contribution in [0.5, 0.6) is 0 Å². The van der Waals surface area contributed by atoms with Crippen molar-refractivity contribution in [3.63, 3.8) is 0 Å². The molecule has 0 fully saturated rings. The molecule has 0 amide bonds. The van der Waals surface area contributed by atoms with Crippen molar-refractivity contribution in [3.05, 3.63) is 29.6 Å². The number of anilines is 1. The predicted molar refractivity (Wildman–Crippen MR) is 58.6 cm³/mol. The molecular formula is C11H9F3N4. The molecule has 1 aromatic heterocycles. The maximum atomic E-state index is 12.7. The van der Waals surface area contributed by atoms with Gasteiger partial charge in [0.25, 0.3) is 0 Å². The highest BCUT2D eigenvalue weighted by atomic mass is 19.4. The number of nitrogen functional groups attached to an aromatic ring is 1. The first-order valence-corrected chi connectivity index (χ1v) is 5.36. The Labute approximate surface area is 100 Å². The van der Waals surface area contributed by atoms with Crippen molar-refractivity contribution in [2.24, 2.45) is 0 Å². The lowest BCUT2D eigenvalue weighted by atomic mass is 10.00. The Morgan fingerprint density at radius 3 is 2.72 bits per heavy atom. The third kappa shape index (κ3) is 1.54. The summed E-state index contributed by atoms with van der Waals surface area (Å²) in [7, 11) is 0. The van der Waals surface area contributed by atoms with Crippen LogP contribution in [0.25, 0.3) is 11.4 Å². The van der Waals surface area contributed by atoms with Crippen molar-refractivity contribution in [1.29, 1.82) is 0 Å². The van der Waals surface area contributed by atoms with E-state index in [4.69, 9.17) is 5.73 Å². The fourth-order valence-electron chi connectivity index (χ4n) is 2.18. The number of halogens is 3. The van der Waals surface area contributed by atoms with Gasteiger partial charge in [-0.1, -0.05) is 6.07 Å². The minimum Gasteiger partial charge on any atom is -0.399 e. The lowest BCUT2D eigenvalue weighted by molar-refractivity contribution is -0.147. The van der Waals surface area contributed by atoms with Gasteiger partial charge in [-0.25, -0.2) is 0 Å². The molecule has 4 nitrogen and oxygen atoms in total. The highest BCUT2D eigenvalue weighted by Crippen LogP contribution is 2.35. The summed E-state index contributed by atoms with van der Waals surface area (Å²) >= 11 is 0. The summed E-state index contributed by atoms with van der Waals surface area (Å²) < 4.78 is 39.2. The minimum atomic E-state index is -4.48. The molecule has 2 aromatic rings. The SMILES string of the molecule is Nc1ccc2c(c1)-c1nnc(C(F)(F)F)n1CC2. The Balaban J connectivity index is 2.20. The maximum absolute atomic E-state index is 12.7. The summed E-state index contributed by atoms with van der Waals surface area (Å²) in [4.78, 5) is 0. The van der Waals surface area contributed by atoms with Gasteiger partial charge in [-0.15, -0.1) is 10.2 Å². The maximum Gasteiger partial charge on any atom is 0.451 e. The van der Waals surface area contributed by atoms with Gasteiger partial charge in [0.05, 0.1) is 0 Å². The largest absolute Gasteiger partial charge is 0.451 e. The fraction of sp³-hybridized carbons (Fsp3) is 0.273. The molecule has 2 N–H and O–H groups in total. The van der Waals surface area contributed by atoms with E-state index in [2.05, 4.69) is 10.2 Å². The van der Waals surface area contributed by atoms with Gasteiger partial charge in [-0.2, -0.15) is 13.2 Å². The summed E-state index contributed by atoms with van der Waals surface area (Å²) in [6.45, 7) is 0.230. The van der Waals surface area contributed by atoms with E-state index in [-0.39, 0.29) is 12.4 Å². The van der Waals surface area contributed by atoms with Crippen LogP contribution in [-0.4, -0.2) is 14.8 Å². The zero-order valence-electron chi connectivity index (χ0n) is 9.20. The highest BCUT2D eigenvalue weighted by Gasteiger charge is 2.39. The Morgan fingerprint density at radius 2 is 2.00 bits per heavy atom. The zero-order valence-corrected chi connectivity index (χ0v) is 9.20. The standard InChI is InChI=1S/C11H9F3N4/c12-11(13,14)10-17-16-9-8-5-7(15)2-1-6(8)3-4-18(9)10/h1-2,5H,3-4,15H2. The number of aryl methyl sites for hydroxylation is 1. The Hall–Kier alpha value is -2.05. The highest BCUT2D eigenvalue weighted by molar-refractivity contribution is 5.67. The Morgan fingerprint density at radius 1 is 1.22 bits per heavy atom. The zero-order chi connectivity index (χ0) is 12.9. The molecule has 0 saturated carbocycles. The van der Waals surface area contributed by atoms with E-state index in [1.54, 1.807) is 12.1 Å². The number of hydrogen-bond acceptors (Lipinski definition) is 3. The van der Waals surface area contributed by atoms with E-state index in [0.29, 0.717) is 17.7 Å². The van der Waals surface area contributed by atoms with Crippen LogP contribution in [0.4, 0.5) is 18.9 Å². The normalized spacial score (nSPS) is 14.2. The van der Waals surface area contributed by atoms with Gasteiger partial charge in [0, 0.05) is 17.8 Å². The van der Waals surface area contributed by atoms with E-state index in [1.165, 1.54) is 0 Å². The molecule has 0 bridgehead atoms. The van der Waals surface area contributed by atoms with Crippen LogP contribution in [0, 0.1) is 0 Å². The molecule has 2 heterocycles. The van der Waals surface area contributed by atoms with Crippen molar-refractivity contribution >= 4 is 5.69 Å². The van der Waals surface area contributed by atoms with Gasteiger partial charge in [0.1, 0.15) is 0 Å². The van der Waals surface area contributed by atoms with Gasteiger partial charge in [0.2, 0.25) is 5.82 Å². The first-order chi connectivity index (χ1) is 8.47. The second-order valence-electron chi connectivity index (χ2n) is 4.16. The molecule has 0 spiro atoms. The summed E-state index contributed by atoms with van der Waals surface area (Å²) in [6, 6.07) is 5.18. The number of benzene rings is 1. The second kappa shape index (κ2) is 3.47. The number of nitrogens with two attached hydrogens (primary N) is 1. The molecule has 3 rings (SSSR count). The van der Waals surface area contributed by atoms with E-state index >= 15 is 0 Å². The van der Waals surface area contributed by atoms with Crippen LogP contribution in [-0.2, 0) is 19.1 Å². The Kier molecular flexibility index (Phi) is 2.13. The number of aromatic nitrogens is 3. The molecule has 1 aliphatic rings. The predicted octanol–water partition coefficient (Wildman–Crippen LogP) is 2.10. The van der Waals surface area contributed by atoms with E-state index in [1.807, 2.05) is 6.07 Å². The van der Waals surface area contributed by atoms with E-state index in [0.717, 1.165) is 10.1 Å². The number of alkyl halides is 3. The van der Waals surface area contributed by atoms with Crippen LogP contribution in [0.1, 0.15) is 11.4 Å². The van der Waals surface area contributed by atoms with Crippen LogP contribution >= 0.6 is 0 Å². The molecular weight excluding hydrogens is 245 g/mol. The van der Waals surface area contributed by atoms with Crippen LogP contribution < -0.4 is 5.73 Å². The third-order valence-corrected chi connectivity index (χ3v) is 2.98. The lowest BCUT2D eigenvalue weighted by Crippen LogP contribution is -2.19. The van der Waals surface area contributed by atoms with Crippen LogP contribution in [0.3, 0.4) is 0 Å². The molecule has 1 aromatic carbocycles. The molecule has 0 saturated heterocycles. The van der Waals surface area contributed by atoms with Gasteiger partial charge in [-0.3, -0.25) is 0 Å². The molecule has 1 aliphatic heterocycles. The molecule has 0 radical (unpaired) electrons. The molecule has 7 heteroatoms. The molecule has 0 atom stereocenters. The molecule has 0 aliphatic carbocycles. The molecule has 18 heavy (non-hydrogen) atoms. The monoisotopic (exact) mass is 254 g/mol. The number of rotatable bonds is 0. The molecule has 0 unspecified atom stereocenters. The van der Waals surface area contributed by atoms with E-state index in [9.17, 15) is 13.2 Å². The average Bonchev–Trinajstić information content (AvgIpc) is 2.72. The van der Waals surface area contributed by atoms with Crippen molar-refractivity contribution < 1.29 is 13.2 Å². The van der Waals surface area contributed by atoms with Crippen molar-refractivity contribution in [2.45, 2.75) is 19.1 Å². The van der Waals surface area contributed by atoms with Gasteiger partial charge < -0.3 is 10.3 Å². The van der Waals surface area contributed by atoms with Crippen molar-refractivity contribution in [1.82, 2.24) is 14.8 Å². The van der Waals surface area contributed by atoms with E-state index < -0.39 is 12.0 Å². The summed E-state index contributed by atoms with van der Waals surface area (Å²) in [5.41, 5.74) is 7.72. The topological polar surface area (TPSA) is 56.7 Å². The van der Waals surface area contributed by atoms with Gasteiger partial charge in [-0.05, 0) is 24.1 Å². The third-order valence-electron chi connectivity index (χ3n) is 2.98. The number of nitrogens with zero attached hydrogens (tertiary/aromatic N) is 3. The van der Waals surface area contributed by atoms with Gasteiger partial charge >= 0.3 is 6.18 Å². The first-order valence-electron chi connectivity index (χ1n) is 5.36.